The Morgan fingerprint density at radius 3 is 2.00 bits per heavy atom. The minimum Gasteiger partial charge on any atom is -0.465 e. The fraction of sp³-hybridized carbons (Fsp3) is 0.750. The second-order valence-corrected chi connectivity index (χ2v) is 1.60. The minimum absolute atomic E-state index is 0. The van der Waals surface area contributed by atoms with E-state index in [1.165, 1.54) is 0 Å². The van der Waals surface area contributed by atoms with Crippen LogP contribution < -0.4 is 11.5 Å². The lowest BCUT2D eigenvalue weighted by Gasteiger charge is -2.00. The average molecular weight is 120 g/mol. The Kier molecular flexibility index (Phi) is 5.63. The first-order valence-corrected chi connectivity index (χ1v) is 2.12. The van der Waals surface area contributed by atoms with Gasteiger partial charge in [0.2, 0.25) is 0 Å². The molecule has 0 radical (unpaired) electrons. The van der Waals surface area contributed by atoms with E-state index >= 15 is 0 Å². The third kappa shape index (κ3) is 8.97. The highest BCUT2D eigenvalue weighted by atomic mass is 16.4. The van der Waals surface area contributed by atoms with Crippen molar-refractivity contribution in [1.82, 2.24) is 11.5 Å². The Morgan fingerprint density at radius 2 is 2.00 bits per heavy atom. The fourth-order valence-electron chi connectivity index (χ4n) is 0.247. The molecule has 0 aromatic rings. The van der Waals surface area contributed by atoms with Crippen LogP contribution in [0.2, 0.25) is 0 Å². The van der Waals surface area contributed by atoms with Gasteiger partial charge in [-0.3, -0.25) is 0 Å². The number of carboxylic acid groups (broad SMARTS) is 1. The second-order valence-electron chi connectivity index (χ2n) is 1.60. The molecule has 50 valence electrons. The van der Waals surface area contributed by atoms with Crippen LogP contribution in [0.5, 0.6) is 0 Å². The summed E-state index contributed by atoms with van der Waals surface area (Å²) in [6.07, 6.45) is -0.963. The van der Waals surface area contributed by atoms with Crippen LogP contribution in [0.1, 0.15) is 13.8 Å². The van der Waals surface area contributed by atoms with E-state index in [-0.39, 0.29) is 12.2 Å². The van der Waals surface area contributed by atoms with Gasteiger partial charge in [-0.2, -0.15) is 0 Å². The van der Waals surface area contributed by atoms with E-state index in [0.717, 1.165) is 0 Å². The molecule has 0 aliphatic carbocycles. The number of hydrogen-bond donors (Lipinski definition) is 3. The van der Waals surface area contributed by atoms with Gasteiger partial charge in [-0.15, -0.1) is 0 Å². The van der Waals surface area contributed by atoms with Crippen molar-refractivity contribution in [1.29, 1.82) is 0 Å². The molecule has 0 rings (SSSR count). The number of hydrogen-bond acceptors (Lipinski definition) is 2. The van der Waals surface area contributed by atoms with Gasteiger partial charge in [0.15, 0.2) is 0 Å². The molecular formula is C4H12N2O2. The quantitative estimate of drug-likeness (QED) is 0.479. The highest BCUT2D eigenvalue weighted by Gasteiger charge is 1.94. The van der Waals surface area contributed by atoms with E-state index in [1.807, 2.05) is 0 Å². The van der Waals surface area contributed by atoms with Crippen molar-refractivity contribution in [2.24, 2.45) is 0 Å². The molecule has 0 atom stereocenters. The van der Waals surface area contributed by atoms with Crippen LogP contribution in [0.3, 0.4) is 0 Å². The molecule has 0 saturated carbocycles. The Morgan fingerprint density at radius 1 is 1.62 bits per heavy atom. The molecule has 1 amide bonds. The molecule has 0 aliphatic heterocycles. The Bertz CT molecular complexity index is 72.4. The molecular weight excluding hydrogens is 108 g/mol. The summed E-state index contributed by atoms with van der Waals surface area (Å²) < 4.78 is 0. The molecule has 0 spiro atoms. The van der Waals surface area contributed by atoms with Gasteiger partial charge in [-0.25, -0.2) is 4.79 Å². The number of carbonyl (C=O) groups is 1. The van der Waals surface area contributed by atoms with E-state index in [9.17, 15) is 4.79 Å². The van der Waals surface area contributed by atoms with Gasteiger partial charge in [-0.05, 0) is 13.8 Å². The molecule has 0 heterocycles. The molecule has 4 nitrogen and oxygen atoms in total. The zero-order valence-corrected chi connectivity index (χ0v) is 5.14. The summed E-state index contributed by atoms with van der Waals surface area (Å²) in [5, 5.41) is 10.2. The standard InChI is InChI=1S/C4H9NO2.H3N/c1-3(2)5-4(6)7;/h3,5H,1-2H3,(H,6,7);1H3. The summed E-state index contributed by atoms with van der Waals surface area (Å²) in [6, 6.07) is 0.0255. The topological polar surface area (TPSA) is 84.3 Å². The Hall–Kier alpha value is -0.770. The van der Waals surface area contributed by atoms with Crippen molar-refractivity contribution in [2.75, 3.05) is 0 Å². The summed E-state index contributed by atoms with van der Waals surface area (Å²) in [5.74, 6) is 0. The zero-order valence-electron chi connectivity index (χ0n) is 5.14. The minimum atomic E-state index is -0.963. The van der Waals surface area contributed by atoms with Crippen LogP contribution in [0, 0.1) is 0 Å². The monoisotopic (exact) mass is 120 g/mol. The van der Waals surface area contributed by atoms with Crippen molar-refractivity contribution < 1.29 is 9.90 Å². The van der Waals surface area contributed by atoms with Crippen LogP contribution >= 0.6 is 0 Å². The van der Waals surface area contributed by atoms with Gasteiger partial charge in [0.25, 0.3) is 0 Å². The van der Waals surface area contributed by atoms with Crippen LogP contribution in [0.25, 0.3) is 0 Å². The van der Waals surface area contributed by atoms with Crippen molar-refractivity contribution in [3.05, 3.63) is 0 Å². The Labute approximate surface area is 48.5 Å². The smallest absolute Gasteiger partial charge is 0.404 e. The van der Waals surface area contributed by atoms with E-state index < -0.39 is 6.09 Å². The first kappa shape index (κ1) is 10.3. The van der Waals surface area contributed by atoms with Crippen molar-refractivity contribution in [3.63, 3.8) is 0 Å². The predicted molar refractivity (Wildman–Crippen MR) is 31.3 cm³/mol. The van der Waals surface area contributed by atoms with Crippen LogP contribution in [-0.4, -0.2) is 17.2 Å². The van der Waals surface area contributed by atoms with Crippen LogP contribution in [-0.2, 0) is 0 Å². The maximum atomic E-state index is 9.70. The average Bonchev–Trinajstić information content (AvgIpc) is 1.27. The van der Waals surface area contributed by atoms with Gasteiger partial charge in [-0.1, -0.05) is 0 Å². The number of amides is 1. The molecule has 0 saturated heterocycles. The molecule has 4 heteroatoms. The second kappa shape index (κ2) is 4.39. The van der Waals surface area contributed by atoms with Gasteiger partial charge in [0.05, 0.1) is 0 Å². The van der Waals surface area contributed by atoms with Crippen molar-refractivity contribution in [3.8, 4) is 0 Å². The predicted octanol–water partition coefficient (Wildman–Crippen LogP) is 0.824. The van der Waals surface area contributed by atoms with E-state index in [1.54, 1.807) is 13.8 Å². The zero-order chi connectivity index (χ0) is 5.86. The van der Waals surface area contributed by atoms with E-state index in [4.69, 9.17) is 5.11 Å². The summed E-state index contributed by atoms with van der Waals surface area (Å²) >= 11 is 0. The summed E-state index contributed by atoms with van der Waals surface area (Å²) in [5.41, 5.74) is 0. The van der Waals surface area contributed by atoms with Crippen LogP contribution in [0.15, 0.2) is 0 Å². The highest BCUT2D eigenvalue weighted by Crippen LogP contribution is 1.72. The van der Waals surface area contributed by atoms with E-state index in [2.05, 4.69) is 5.32 Å². The summed E-state index contributed by atoms with van der Waals surface area (Å²) in [4.78, 5) is 9.70. The third-order valence-electron chi connectivity index (χ3n) is 0.412. The molecule has 0 aromatic heterocycles. The largest absolute Gasteiger partial charge is 0.465 e. The first-order valence-electron chi connectivity index (χ1n) is 2.12. The highest BCUT2D eigenvalue weighted by molar-refractivity contribution is 5.64. The van der Waals surface area contributed by atoms with Gasteiger partial charge in [0.1, 0.15) is 0 Å². The molecule has 5 N–H and O–H groups in total. The maximum absolute atomic E-state index is 9.70. The molecule has 0 bridgehead atoms. The summed E-state index contributed by atoms with van der Waals surface area (Å²) in [7, 11) is 0. The fourth-order valence-corrected chi connectivity index (χ4v) is 0.247. The van der Waals surface area contributed by atoms with Crippen molar-refractivity contribution >= 4 is 6.09 Å². The lowest BCUT2D eigenvalue weighted by Crippen LogP contribution is -2.27. The molecule has 0 aromatic carbocycles. The summed E-state index contributed by atoms with van der Waals surface area (Å²) in [6.45, 7) is 3.54. The van der Waals surface area contributed by atoms with Crippen LogP contribution in [0.4, 0.5) is 4.79 Å². The maximum Gasteiger partial charge on any atom is 0.404 e. The first-order chi connectivity index (χ1) is 3.13. The SMILES string of the molecule is CC(C)NC(=O)O.N. The van der Waals surface area contributed by atoms with Crippen molar-refractivity contribution in [2.45, 2.75) is 19.9 Å². The number of nitrogens with one attached hydrogen (secondary N) is 1. The molecule has 8 heavy (non-hydrogen) atoms. The third-order valence-corrected chi connectivity index (χ3v) is 0.412. The van der Waals surface area contributed by atoms with Gasteiger partial charge in [0, 0.05) is 6.04 Å². The molecule has 0 unspecified atom stereocenters. The number of rotatable bonds is 1. The lowest BCUT2D eigenvalue weighted by molar-refractivity contribution is 0.191. The van der Waals surface area contributed by atoms with Gasteiger partial charge < -0.3 is 16.6 Å². The lowest BCUT2D eigenvalue weighted by atomic mass is 10.4. The van der Waals surface area contributed by atoms with E-state index in [0.29, 0.717) is 0 Å². The normalized spacial score (nSPS) is 7.88. The molecule has 0 aliphatic rings. The molecule has 0 fully saturated rings. The Balaban J connectivity index is 0. The van der Waals surface area contributed by atoms with Gasteiger partial charge >= 0.3 is 6.09 Å².